The van der Waals surface area contributed by atoms with Crippen LogP contribution in [0, 0.1) is 6.92 Å². The lowest BCUT2D eigenvalue weighted by Gasteiger charge is -2.18. The van der Waals surface area contributed by atoms with Crippen LogP contribution in [0.25, 0.3) is 6.08 Å². The fourth-order valence-corrected chi connectivity index (χ4v) is 3.20. The highest BCUT2D eigenvalue weighted by Crippen LogP contribution is 2.32. The lowest BCUT2D eigenvalue weighted by atomic mass is 10.1. The van der Waals surface area contributed by atoms with Crippen molar-refractivity contribution in [2.45, 2.75) is 19.9 Å². The summed E-state index contributed by atoms with van der Waals surface area (Å²) < 4.78 is 0.259. The van der Waals surface area contributed by atoms with Gasteiger partial charge in [0.2, 0.25) is 5.91 Å². The molecule has 1 aliphatic rings. The van der Waals surface area contributed by atoms with Gasteiger partial charge in [-0.15, -0.1) is 0 Å². The molecule has 2 rings (SSSR count). The molecule has 1 aliphatic heterocycles. The van der Waals surface area contributed by atoms with Crippen LogP contribution < -0.4 is 10.4 Å². The highest BCUT2D eigenvalue weighted by atomic mass is 32.2. The van der Waals surface area contributed by atoms with Crippen molar-refractivity contribution in [1.29, 1.82) is 0 Å². The van der Waals surface area contributed by atoms with Crippen molar-refractivity contribution in [2.24, 2.45) is 0 Å². The Morgan fingerprint density at radius 1 is 1.38 bits per heavy atom. The van der Waals surface area contributed by atoms with Gasteiger partial charge in [-0.3, -0.25) is 14.5 Å². The summed E-state index contributed by atoms with van der Waals surface area (Å²) in [5.74, 6) is -2.38. The zero-order valence-corrected chi connectivity index (χ0v) is 14.7. The predicted octanol–water partition coefficient (Wildman–Crippen LogP) is 0.451. The Morgan fingerprint density at radius 3 is 2.58 bits per heavy atom. The second-order valence-corrected chi connectivity index (χ2v) is 6.96. The quantitative estimate of drug-likeness (QED) is 0.604. The molecule has 6 nitrogen and oxygen atoms in total. The third-order valence-electron chi connectivity index (χ3n) is 3.28. The van der Waals surface area contributed by atoms with E-state index in [0.29, 0.717) is 4.91 Å². The van der Waals surface area contributed by atoms with Gasteiger partial charge in [-0.05, 0) is 25.5 Å². The van der Waals surface area contributed by atoms with Crippen molar-refractivity contribution in [3.05, 3.63) is 40.3 Å². The number of thioether (sulfide) groups is 1. The van der Waals surface area contributed by atoms with E-state index in [2.05, 4.69) is 5.32 Å². The van der Waals surface area contributed by atoms with Crippen LogP contribution in [0.5, 0.6) is 0 Å². The van der Waals surface area contributed by atoms with Gasteiger partial charge in [-0.2, -0.15) is 0 Å². The number of nitrogens with one attached hydrogen (secondary N) is 1. The summed E-state index contributed by atoms with van der Waals surface area (Å²) in [4.78, 5) is 36.4. The van der Waals surface area contributed by atoms with Crippen LogP contribution in [-0.2, 0) is 14.4 Å². The van der Waals surface area contributed by atoms with Gasteiger partial charge in [-0.1, -0.05) is 53.8 Å². The first-order valence-corrected chi connectivity index (χ1v) is 8.32. The molecule has 126 valence electrons. The Balaban J connectivity index is 2.07. The highest BCUT2D eigenvalue weighted by molar-refractivity contribution is 8.26. The largest absolute Gasteiger partial charge is 0.548 e. The summed E-state index contributed by atoms with van der Waals surface area (Å²) in [6, 6.07) is 6.49. The molecule has 0 aromatic heterocycles. The Hall–Kier alpha value is -2.19. The minimum absolute atomic E-state index is 0.259. The van der Waals surface area contributed by atoms with E-state index in [1.807, 2.05) is 31.2 Å². The zero-order chi connectivity index (χ0) is 17.9. The summed E-state index contributed by atoms with van der Waals surface area (Å²) in [7, 11) is 0. The van der Waals surface area contributed by atoms with Crippen molar-refractivity contribution < 1.29 is 19.5 Å². The Morgan fingerprint density at radius 2 is 2.00 bits per heavy atom. The first kappa shape index (κ1) is 18.2. The number of carboxylic acid groups (broad SMARTS) is 1. The number of nitrogens with zero attached hydrogens (tertiary/aromatic N) is 1. The second kappa shape index (κ2) is 7.59. The molecule has 0 unspecified atom stereocenters. The molecular formula is C16H15N2O4S2-. The minimum atomic E-state index is -1.40. The maximum Gasteiger partial charge on any atom is 0.266 e. The van der Waals surface area contributed by atoms with Crippen LogP contribution in [0.1, 0.15) is 18.1 Å². The monoisotopic (exact) mass is 363 g/mol. The van der Waals surface area contributed by atoms with Crippen molar-refractivity contribution in [3.63, 3.8) is 0 Å². The molecule has 1 aromatic carbocycles. The molecule has 1 saturated heterocycles. The third-order valence-corrected chi connectivity index (χ3v) is 4.66. The van der Waals surface area contributed by atoms with Crippen LogP contribution >= 0.6 is 24.0 Å². The molecule has 1 aromatic rings. The van der Waals surface area contributed by atoms with Crippen LogP contribution in [0.4, 0.5) is 0 Å². The zero-order valence-electron chi connectivity index (χ0n) is 13.1. The van der Waals surface area contributed by atoms with Crippen LogP contribution in [0.2, 0.25) is 0 Å². The van der Waals surface area contributed by atoms with Gasteiger partial charge in [0.05, 0.1) is 16.9 Å². The second-order valence-electron chi connectivity index (χ2n) is 5.29. The van der Waals surface area contributed by atoms with E-state index in [9.17, 15) is 19.5 Å². The van der Waals surface area contributed by atoms with E-state index < -0.39 is 17.9 Å². The van der Waals surface area contributed by atoms with Gasteiger partial charge in [-0.25, -0.2) is 0 Å². The van der Waals surface area contributed by atoms with Gasteiger partial charge >= 0.3 is 0 Å². The molecule has 0 bridgehead atoms. The van der Waals surface area contributed by atoms with Crippen LogP contribution in [-0.4, -0.2) is 39.6 Å². The normalized spacial score (nSPS) is 17.2. The fraction of sp³-hybridized carbons (Fsp3) is 0.250. The molecule has 1 atom stereocenters. The number of benzene rings is 1. The van der Waals surface area contributed by atoms with Gasteiger partial charge in [0.25, 0.3) is 5.91 Å². The maximum absolute atomic E-state index is 12.4. The van der Waals surface area contributed by atoms with Gasteiger partial charge < -0.3 is 15.2 Å². The van der Waals surface area contributed by atoms with E-state index in [4.69, 9.17) is 12.2 Å². The third kappa shape index (κ3) is 4.42. The number of aryl methyl sites for hydroxylation is 1. The number of hydrogen-bond donors (Lipinski definition) is 1. The number of aliphatic carboxylic acids is 1. The first-order valence-electron chi connectivity index (χ1n) is 7.10. The standard InChI is InChI=1S/C16H16N2O4S2/c1-9-3-5-11(6-4-9)7-12-14(20)18(16(23)24-12)8-13(19)17-10(2)15(21)22/h3-7,10H,8H2,1-2H3,(H,17,19)(H,21,22)/p-1/b12-7-/t10-/m1/s1. The molecule has 24 heavy (non-hydrogen) atoms. The minimum Gasteiger partial charge on any atom is -0.548 e. The molecule has 0 radical (unpaired) electrons. The number of rotatable bonds is 5. The van der Waals surface area contributed by atoms with E-state index >= 15 is 0 Å². The predicted molar refractivity (Wildman–Crippen MR) is 93.7 cm³/mol. The Labute approximate surface area is 148 Å². The molecule has 2 amide bonds. The topological polar surface area (TPSA) is 89.5 Å². The van der Waals surface area contributed by atoms with Gasteiger partial charge in [0.15, 0.2) is 0 Å². The Kier molecular flexibility index (Phi) is 5.74. The number of carboxylic acids is 1. The first-order chi connectivity index (χ1) is 11.3. The SMILES string of the molecule is Cc1ccc(/C=C2\SC(=S)N(CC(=O)N[C@H](C)C(=O)[O-])C2=O)cc1. The number of amides is 2. The molecule has 0 saturated carbocycles. The number of thiocarbonyl (C=S) groups is 1. The molecule has 1 N–H and O–H groups in total. The molecule has 0 aliphatic carbocycles. The number of carbonyl (C=O) groups is 3. The summed E-state index contributed by atoms with van der Waals surface area (Å²) in [5.41, 5.74) is 1.97. The summed E-state index contributed by atoms with van der Waals surface area (Å²) >= 11 is 6.24. The smallest absolute Gasteiger partial charge is 0.266 e. The van der Waals surface area contributed by atoms with E-state index in [1.54, 1.807) is 6.08 Å². The summed E-state index contributed by atoms with van der Waals surface area (Å²) in [5, 5.41) is 12.9. The average molecular weight is 363 g/mol. The van der Waals surface area contributed by atoms with Gasteiger partial charge in [0, 0.05) is 0 Å². The molecule has 8 heteroatoms. The lowest BCUT2D eigenvalue weighted by molar-refractivity contribution is -0.307. The maximum atomic E-state index is 12.4. The summed E-state index contributed by atoms with van der Waals surface area (Å²) in [6.07, 6.45) is 1.71. The highest BCUT2D eigenvalue weighted by Gasteiger charge is 2.33. The van der Waals surface area contributed by atoms with E-state index in [-0.39, 0.29) is 16.8 Å². The van der Waals surface area contributed by atoms with Crippen molar-refractivity contribution in [3.8, 4) is 0 Å². The van der Waals surface area contributed by atoms with Crippen LogP contribution in [0.3, 0.4) is 0 Å². The Bertz CT molecular complexity index is 728. The average Bonchev–Trinajstić information content (AvgIpc) is 2.77. The summed E-state index contributed by atoms with van der Waals surface area (Å²) in [6.45, 7) is 2.93. The lowest BCUT2D eigenvalue weighted by Crippen LogP contribution is -2.49. The van der Waals surface area contributed by atoms with Crippen molar-refractivity contribution >= 4 is 52.2 Å². The van der Waals surface area contributed by atoms with E-state index in [1.165, 1.54) is 6.92 Å². The van der Waals surface area contributed by atoms with Crippen molar-refractivity contribution in [1.82, 2.24) is 10.2 Å². The molecule has 1 heterocycles. The van der Waals surface area contributed by atoms with Crippen LogP contribution in [0.15, 0.2) is 29.2 Å². The molecule has 1 fully saturated rings. The van der Waals surface area contributed by atoms with Gasteiger partial charge in [0.1, 0.15) is 10.9 Å². The molecular weight excluding hydrogens is 348 g/mol. The van der Waals surface area contributed by atoms with Crippen molar-refractivity contribution in [2.75, 3.05) is 6.54 Å². The van der Waals surface area contributed by atoms with E-state index in [0.717, 1.165) is 27.8 Å². The number of hydrogen-bond acceptors (Lipinski definition) is 6. The number of carbonyl (C=O) groups excluding carboxylic acids is 3. The molecule has 0 spiro atoms. The fourth-order valence-electron chi connectivity index (χ4n) is 1.94.